The largest absolute Gasteiger partial charge is 0.369 e. The first-order valence-electron chi connectivity index (χ1n) is 10.6. The monoisotopic (exact) mass is 391 g/mol. The molecule has 0 saturated carbocycles. The second-order valence-electron chi connectivity index (χ2n) is 8.33. The number of rotatable bonds is 4. The smallest absolute Gasteiger partial charge is 0.139 e. The molecule has 1 saturated heterocycles. The molecule has 5 rings (SSSR count). The van der Waals surface area contributed by atoms with Gasteiger partial charge in [0, 0.05) is 77.1 Å². The number of imidazole rings is 1. The van der Waals surface area contributed by atoms with Gasteiger partial charge in [0.25, 0.3) is 0 Å². The lowest BCUT2D eigenvalue weighted by atomic mass is 10.1. The van der Waals surface area contributed by atoms with Crippen LogP contribution in [0, 0.1) is 0 Å². The number of aryl methyl sites for hydroxylation is 1. The summed E-state index contributed by atoms with van der Waals surface area (Å²) < 4.78 is 2.45. The van der Waals surface area contributed by atoms with Crippen molar-refractivity contribution in [2.45, 2.75) is 32.4 Å². The third-order valence-electron chi connectivity index (χ3n) is 6.20. The van der Waals surface area contributed by atoms with Gasteiger partial charge in [-0.2, -0.15) is 0 Å². The van der Waals surface area contributed by atoms with Crippen LogP contribution in [0.5, 0.6) is 0 Å². The van der Waals surface area contributed by atoms with Gasteiger partial charge in [-0.1, -0.05) is 0 Å². The number of piperazine rings is 1. The second kappa shape index (κ2) is 7.63. The van der Waals surface area contributed by atoms with E-state index in [-0.39, 0.29) is 0 Å². The van der Waals surface area contributed by atoms with Crippen molar-refractivity contribution in [2.75, 3.05) is 50.1 Å². The fourth-order valence-corrected chi connectivity index (χ4v) is 4.58. The van der Waals surface area contributed by atoms with Crippen LogP contribution in [-0.2, 0) is 19.5 Å². The summed E-state index contributed by atoms with van der Waals surface area (Å²) in [5, 5.41) is 1.11. The molecule has 152 valence electrons. The average Bonchev–Trinajstić information content (AvgIpc) is 3.16. The van der Waals surface area contributed by atoms with Crippen LogP contribution in [0.1, 0.15) is 24.4 Å². The van der Waals surface area contributed by atoms with Crippen molar-refractivity contribution >= 4 is 22.4 Å². The van der Waals surface area contributed by atoms with Crippen LogP contribution in [0.4, 0.5) is 11.5 Å². The van der Waals surface area contributed by atoms with Crippen molar-refractivity contribution in [3.8, 4) is 0 Å². The molecule has 0 N–H and O–H groups in total. The van der Waals surface area contributed by atoms with Crippen LogP contribution in [0.15, 0.2) is 30.7 Å². The van der Waals surface area contributed by atoms with E-state index in [4.69, 9.17) is 0 Å². The quantitative estimate of drug-likeness (QED) is 0.681. The SMILES string of the molecule is CN(C)c1ncnc2ccc(N3CCN(Cc4cnc5n4CCCC5)CC3)cc12. The predicted molar refractivity (Wildman–Crippen MR) is 117 cm³/mol. The van der Waals surface area contributed by atoms with Gasteiger partial charge in [-0.25, -0.2) is 15.0 Å². The molecule has 4 heterocycles. The van der Waals surface area contributed by atoms with Gasteiger partial charge in [-0.05, 0) is 31.0 Å². The molecule has 7 nitrogen and oxygen atoms in total. The first-order valence-corrected chi connectivity index (χ1v) is 10.6. The number of hydrogen-bond donors (Lipinski definition) is 0. The summed E-state index contributed by atoms with van der Waals surface area (Å²) in [4.78, 5) is 20.6. The van der Waals surface area contributed by atoms with E-state index in [2.05, 4.69) is 58.6 Å². The highest BCUT2D eigenvalue weighted by Gasteiger charge is 2.21. The lowest BCUT2D eigenvalue weighted by Gasteiger charge is -2.36. The summed E-state index contributed by atoms with van der Waals surface area (Å²) in [6.45, 7) is 6.37. The maximum Gasteiger partial charge on any atom is 0.139 e. The summed E-state index contributed by atoms with van der Waals surface area (Å²) >= 11 is 0. The van der Waals surface area contributed by atoms with Gasteiger partial charge in [0.1, 0.15) is 18.0 Å². The van der Waals surface area contributed by atoms with Gasteiger partial charge < -0.3 is 14.4 Å². The van der Waals surface area contributed by atoms with Crippen LogP contribution in [0.25, 0.3) is 10.9 Å². The normalized spacial score (nSPS) is 17.5. The summed E-state index contributed by atoms with van der Waals surface area (Å²) in [7, 11) is 4.06. The molecule has 0 aliphatic carbocycles. The van der Waals surface area contributed by atoms with Crippen molar-refractivity contribution in [3.05, 3.63) is 42.2 Å². The molecule has 0 atom stereocenters. The number of hydrogen-bond acceptors (Lipinski definition) is 6. The minimum absolute atomic E-state index is 0.973. The fraction of sp³-hybridized carbons (Fsp3) is 0.500. The summed E-state index contributed by atoms with van der Waals surface area (Å²) in [5.41, 5.74) is 3.64. The van der Waals surface area contributed by atoms with E-state index in [9.17, 15) is 0 Å². The van der Waals surface area contributed by atoms with Crippen molar-refractivity contribution in [1.82, 2.24) is 24.4 Å². The van der Waals surface area contributed by atoms with Crippen LogP contribution < -0.4 is 9.80 Å². The van der Waals surface area contributed by atoms with Crippen molar-refractivity contribution in [3.63, 3.8) is 0 Å². The number of nitrogens with zero attached hydrogens (tertiary/aromatic N) is 7. The summed E-state index contributed by atoms with van der Waals surface area (Å²) in [5.74, 6) is 2.25. The molecule has 2 aliphatic heterocycles. The average molecular weight is 392 g/mol. The van der Waals surface area contributed by atoms with E-state index >= 15 is 0 Å². The molecule has 0 unspecified atom stereocenters. The van der Waals surface area contributed by atoms with Gasteiger partial charge in [0.05, 0.1) is 11.2 Å². The first-order chi connectivity index (χ1) is 14.2. The molecule has 0 radical (unpaired) electrons. The Morgan fingerprint density at radius 1 is 0.966 bits per heavy atom. The highest BCUT2D eigenvalue weighted by atomic mass is 15.3. The van der Waals surface area contributed by atoms with Gasteiger partial charge in [0.15, 0.2) is 0 Å². The lowest BCUT2D eigenvalue weighted by Crippen LogP contribution is -2.46. The molecule has 0 bridgehead atoms. The standard InChI is InChI=1S/C22H29N7/c1-26(2)22-19-13-17(6-7-20(19)24-16-25-22)28-11-9-27(10-12-28)15-18-14-23-21-5-3-4-8-29(18)21/h6-7,13-14,16H,3-5,8-12,15H2,1-2H3. The van der Waals surface area contributed by atoms with Crippen molar-refractivity contribution in [2.24, 2.45) is 0 Å². The van der Waals surface area contributed by atoms with Crippen LogP contribution in [0.3, 0.4) is 0 Å². The molecule has 1 fully saturated rings. The van der Waals surface area contributed by atoms with Crippen molar-refractivity contribution in [1.29, 1.82) is 0 Å². The molecular formula is C22H29N7. The first kappa shape index (κ1) is 18.4. The predicted octanol–water partition coefficient (Wildman–Crippen LogP) is 2.55. The zero-order valence-corrected chi connectivity index (χ0v) is 17.4. The molecule has 0 amide bonds. The fourth-order valence-electron chi connectivity index (χ4n) is 4.58. The Kier molecular flexibility index (Phi) is 4.83. The Hall–Kier alpha value is -2.67. The maximum atomic E-state index is 4.65. The van der Waals surface area contributed by atoms with E-state index in [0.717, 1.165) is 62.4 Å². The summed E-state index contributed by atoms with van der Waals surface area (Å²) in [6, 6.07) is 6.55. The molecule has 0 spiro atoms. The van der Waals surface area contributed by atoms with Gasteiger partial charge in [-0.3, -0.25) is 4.90 Å². The van der Waals surface area contributed by atoms with E-state index in [0.29, 0.717) is 0 Å². The number of fused-ring (bicyclic) bond motifs is 2. The van der Waals surface area contributed by atoms with Gasteiger partial charge >= 0.3 is 0 Å². The second-order valence-corrected chi connectivity index (χ2v) is 8.33. The molecular weight excluding hydrogens is 362 g/mol. The van der Waals surface area contributed by atoms with E-state index in [1.54, 1.807) is 6.33 Å². The van der Waals surface area contributed by atoms with E-state index in [1.807, 2.05) is 14.1 Å². The van der Waals surface area contributed by atoms with Crippen LogP contribution in [-0.4, -0.2) is 64.7 Å². The van der Waals surface area contributed by atoms with E-state index in [1.165, 1.54) is 30.0 Å². The zero-order chi connectivity index (χ0) is 19.8. The third-order valence-corrected chi connectivity index (χ3v) is 6.20. The topological polar surface area (TPSA) is 53.3 Å². The molecule has 29 heavy (non-hydrogen) atoms. The minimum Gasteiger partial charge on any atom is -0.369 e. The Balaban J connectivity index is 1.28. The lowest BCUT2D eigenvalue weighted by molar-refractivity contribution is 0.242. The Labute approximate surface area is 172 Å². The van der Waals surface area contributed by atoms with Crippen molar-refractivity contribution < 1.29 is 0 Å². The maximum absolute atomic E-state index is 4.65. The Morgan fingerprint density at radius 3 is 2.66 bits per heavy atom. The number of benzene rings is 1. The number of aromatic nitrogens is 4. The Bertz CT molecular complexity index is 1000. The van der Waals surface area contributed by atoms with Crippen LogP contribution in [0.2, 0.25) is 0 Å². The minimum atomic E-state index is 0.973. The van der Waals surface area contributed by atoms with Gasteiger partial charge in [0.2, 0.25) is 0 Å². The van der Waals surface area contributed by atoms with Gasteiger partial charge in [-0.15, -0.1) is 0 Å². The zero-order valence-electron chi connectivity index (χ0n) is 17.4. The van der Waals surface area contributed by atoms with Crippen LogP contribution >= 0.6 is 0 Å². The molecule has 1 aromatic carbocycles. The molecule has 2 aromatic heterocycles. The Morgan fingerprint density at radius 2 is 1.83 bits per heavy atom. The third kappa shape index (κ3) is 3.55. The molecule has 3 aromatic rings. The van der Waals surface area contributed by atoms with E-state index < -0.39 is 0 Å². The molecule has 7 heteroatoms. The number of anilines is 2. The summed E-state index contributed by atoms with van der Waals surface area (Å²) in [6.07, 6.45) is 7.44. The molecule has 2 aliphatic rings. The highest BCUT2D eigenvalue weighted by molar-refractivity contribution is 5.91. The highest BCUT2D eigenvalue weighted by Crippen LogP contribution is 2.27.